The van der Waals surface area contributed by atoms with Gasteiger partial charge in [0.05, 0.1) is 22.2 Å². The predicted octanol–water partition coefficient (Wildman–Crippen LogP) is 6.45. The molecule has 2 nitrogen and oxygen atoms in total. The Labute approximate surface area is 184 Å². The monoisotopic (exact) mass is 432 g/mol. The highest BCUT2D eigenvalue weighted by molar-refractivity contribution is 7.98. The third kappa shape index (κ3) is 4.22. The number of benzene rings is 4. The van der Waals surface area contributed by atoms with Crippen molar-refractivity contribution >= 4 is 33.3 Å². The number of fused-ring (bicyclic) bond motifs is 1. The molecule has 152 valence electrons. The Hall–Kier alpha value is -2.40. The molecule has 1 unspecified atom stereocenters. The molecular weight excluding hydrogens is 408 g/mol. The quantitative estimate of drug-likeness (QED) is 0.380. The Morgan fingerprint density at radius 1 is 0.833 bits per heavy atom. The average Bonchev–Trinajstić information content (AvgIpc) is 2.79. The molecule has 0 aliphatic rings. The van der Waals surface area contributed by atoms with Gasteiger partial charge in [-0.05, 0) is 59.3 Å². The molecule has 3 atom stereocenters. The van der Waals surface area contributed by atoms with Crippen molar-refractivity contribution in [2.45, 2.75) is 28.1 Å². The van der Waals surface area contributed by atoms with Crippen molar-refractivity contribution in [3.63, 3.8) is 0 Å². The van der Waals surface area contributed by atoms with Crippen LogP contribution in [0.2, 0.25) is 0 Å². The van der Waals surface area contributed by atoms with Gasteiger partial charge in [0.25, 0.3) is 0 Å². The lowest BCUT2D eigenvalue weighted by Crippen LogP contribution is -2.11. The normalized spacial score (nSPS) is 14.4. The molecule has 0 spiro atoms. The summed E-state index contributed by atoms with van der Waals surface area (Å²) in [6.45, 7) is 2.02. The summed E-state index contributed by atoms with van der Waals surface area (Å²) in [5.74, 6) is 0. The van der Waals surface area contributed by atoms with Gasteiger partial charge >= 0.3 is 0 Å². The average molecular weight is 433 g/mol. The van der Waals surface area contributed by atoms with Gasteiger partial charge in [-0.15, -0.1) is 0 Å². The minimum Gasteiger partial charge on any atom is -0.387 e. The van der Waals surface area contributed by atoms with Gasteiger partial charge in [-0.25, -0.2) is 4.21 Å². The Balaban J connectivity index is 1.72. The molecule has 0 bridgehead atoms. The lowest BCUT2D eigenvalue weighted by atomic mass is 9.98. The zero-order chi connectivity index (χ0) is 21.1. The highest BCUT2D eigenvalue weighted by Crippen LogP contribution is 2.42. The van der Waals surface area contributed by atoms with Gasteiger partial charge in [0, 0.05) is 9.79 Å². The molecule has 0 amide bonds. The zero-order valence-electron chi connectivity index (χ0n) is 17.0. The maximum atomic E-state index is 13.4. The van der Waals surface area contributed by atoms with Gasteiger partial charge in [0.1, 0.15) is 0 Å². The van der Waals surface area contributed by atoms with Gasteiger partial charge < -0.3 is 5.11 Å². The lowest BCUT2D eigenvalue weighted by molar-refractivity contribution is 0.174. The summed E-state index contributed by atoms with van der Waals surface area (Å²) in [7, 11) is -1.31. The van der Waals surface area contributed by atoms with E-state index >= 15 is 0 Å². The first-order valence-corrected chi connectivity index (χ1v) is 12.3. The van der Waals surface area contributed by atoms with E-state index in [9.17, 15) is 9.32 Å². The summed E-state index contributed by atoms with van der Waals surface area (Å²) in [4.78, 5) is 1.52. The number of thioether (sulfide) groups is 1. The number of aliphatic hydroxyl groups is 1. The summed E-state index contributed by atoms with van der Waals surface area (Å²) in [6.07, 6.45) is 1.28. The first-order valence-electron chi connectivity index (χ1n) is 9.85. The smallest absolute Gasteiger partial charge is 0.0949 e. The van der Waals surface area contributed by atoms with Crippen molar-refractivity contribution in [2.75, 3.05) is 6.26 Å². The Bertz CT molecular complexity index is 1190. The molecular formula is C26H24O2S2. The van der Waals surface area contributed by atoms with Crippen LogP contribution in [0.3, 0.4) is 0 Å². The SMILES string of the molecule is CS[C@@H](c1ccccc1[S@@](=O)c1ccc(C)cc1)C(O)c1ccc2ccccc2c1. The topological polar surface area (TPSA) is 37.3 Å². The maximum Gasteiger partial charge on any atom is 0.0949 e. The molecule has 0 radical (unpaired) electrons. The van der Waals surface area contributed by atoms with Crippen LogP contribution in [-0.2, 0) is 10.8 Å². The minimum atomic E-state index is -1.31. The van der Waals surface area contributed by atoms with Crippen LogP contribution >= 0.6 is 11.8 Å². The van der Waals surface area contributed by atoms with Crippen molar-refractivity contribution in [2.24, 2.45) is 0 Å². The van der Waals surface area contributed by atoms with Crippen molar-refractivity contribution in [3.8, 4) is 0 Å². The number of aryl methyl sites for hydroxylation is 1. The van der Waals surface area contributed by atoms with E-state index in [2.05, 4.69) is 12.1 Å². The van der Waals surface area contributed by atoms with Crippen LogP contribution in [0.5, 0.6) is 0 Å². The van der Waals surface area contributed by atoms with E-state index < -0.39 is 16.9 Å². The second kappa shape index (κ2) is 9.17. The molecule has 4 heteroatoms. The summed E-state index contributed by atoms with van der Waals surface area (Å²) in [5, 5.41) is 13.3. The van der Waals surface area contributed by atoms with Crippen LogP contribution in [0, 0.1) is 6.92 Å². The van der Waals surface area contributed by atoms with Crippen LogP contribution in [-0.4, -0.2) is 15.6 Å². The Kier molecular flexibility index (Phi) is 6.38. The number of rotatable bonds is 6. The van der Waals surface area contributed by atoms with E-state index in [0.29, 0.717) is 0 Å². The summed E-state index contributed by atoms with van der Waals surface area (Å²) < 4.78 is 13.4. The van der Waals surface area contributed by atoms with E-state index in [1.165, 1.54) is 0 Å². The molecule has 0 saturated carbocycles. The predicted molar refractivity (Wildman–Crippen MR) is 127 cm³/mol. The molecule has 0 saturated heterocycles. The van der Waals surface area contributed by atoms with Crippen LogP contribution in [0.25, 0.3) is 10.8 Å². The molecule has 0 heterocycles. The second-order valence-electron chi connectivity index (χ2n) is 7.33. The minimum absolute atomic E-state index is 0.225. The maximum absolute atomic E-state index is 13.4. The van der Waals surface area contributed by atoms with Gasteiger partial charge in [-0.3, -0.25) is 0 Å². The summed E-state index contributed by atoms with van der Waals surface area (Å²) in [6, 6.07) is 29.7. The number of aliphatic hydroxyl groups excluding tert-OH is 1. The summed E-state index contributed by atoms with van der Waals surface area (Å²) >= 11 is 1.58. The van der Waals surface area contributed by atoms with Crippen molar-refractivity contribution in [1.82, 2.24) is 0 Å². The van der Waals surface area contributed by atoms with E-state index in [1.807, 2.05) is 92.0 Å². The second-order valence-corrected chi connectivity index (χ2v) is 9.76. The van der Waals surface area contributed by atoms with Gasteiger partial charge in [-0.1, -0.05) is 72.3 Å². The van der Waals surface area contributed by atoms with Crippen molar-refractivity contribution in [1.29, 1.82) is 0 Å². The molecule has 4 aromatic carbocycles. The summed E-state index contributed by atoms with van der Waals surface area (Å²) in [5.41, 5.74) is 2.91. The van der Waals surface area contributed by atoms with Crippen molar-refractivity contribution in [3.05, 3.63) is 108 Å². The molecule has 30 heavy (non-hydrogen) atoms. The highest BCUT2D eigenvalue weighted by Gasteiger charge is 2.26. The Morgan fingerprint density at radius 3 is 2.23 bits per heavy atom. The van der Waals surface area contributed by atoms with E-state index in [4.69, 9.17) is 0 Å². The molecule has 4 rings (SSSR count). The van der Waals surface area contributed by atoms with Gasteiger partial charge in [0.2, 0.25) is 0 Å². The highest BCUT2D eigenvalue weighted by atomic mass is 32.2. The van der Waals surface area contributed by atoms with Crippen LogP contribution < -0.4 is 0 Å². The van der Waals surface area contributed by atoms with Gasteiger partial charge in [-0.2, -0.15) is 11.8 Å². The van der Waals surface area contributed by atoms with Gasteiger partial charge in [0.15, 0.2) is 0 Å². The molecule has 4 aromatic rings. The van der Waals surface area contributed by atoms with E-state index in [1.54, 1.807) is 11.8 Å². The third-order valence-corrected chi connectivity index (χ3v) is 7.81. The molecule has 0 aliphatic heterocycles. The van der Waals surface area contributed by atoms with E-state index in [0.717, 1.165) is 37.3 Å². The number of hydrogen-bond donors (Lipinski definition) is 1. The van der Waals surface area contributed by atoms with Crippen LogP contribution in [0.4, 0.5) is 0 Å². The first kappa shape index (κ1) is 20.9. The first-order chi connectivity index (χ1) is 14.6. The largest absolute Gasteiger partial charge is 0.387 e. The number of hydrogen-bond acceptors (Lipinski definition) is 3. The third-order valence-electron chi connectivity index (χ3n) is 5.32. The van der Waals surface area contributed by atoms with Crippen molar-refractivity contribution < 1.29 is 9.32 Å². The molecule has 0 aromatic heterocycles. The standard InChI is InChI=1S/C26H24O2S2/c1-18-11-15-22(16-12-18)30(28)24-10-6-5-9-23(24)26(29-2)25(27)21-14-13-19-7-3-4-8-20(19)17-21/h3-17,25-27H,1-2H3/t25?,26-,30-/m0/s1. The fourth-order valence-corrected chi connectivity index (χ4v) is 5.86. The molecule has 0 fully saturated rings. The zero-order valence-corrected chi connectivity index (χ0v) is 18.6. The molecule has 1 N–H and O–H groups in total. The lowest BCUT2D eigenvalue weighted by Gasteiger charge is -2.24. The fourth-order valence-electron chi connectivity index (χ4n) is 3.67. The van der Waals surface area contributed by atoms with Crippen LogP contribution in [0.1, 0.15) is 28.0 Å². The fraction of sp³-hybridized carbons (Fsp3) is 0.154. The van der Waals surface area contributed by atoms with Crippen LogP contribution in [0.15, 0.2) is 101 Å². The van der Waals surface area contributed by atoms with E-state index in [-0.39, 0.29) is 5.25 Å². The Morgan fingerprint density at radius 2 is 1.50 bits per heavy atom. The molecule has 0 aliphatic carbocycles.